The molecule has 6 heteroatoms. The van der Waals surface area contributed by atoms with Crippen molar-refractivity contribution < 1.29 is 0 Å². The van der Waals surface area contributed by atoms with Crippen LogP contribution in [0.2, 0.25) is 0 Å². The number of nitrogens with zero attached hydrogens (tertiary/aromatic N) is 3. The fraction of sp³-hybridized carbons (Fsp3) is 0.250. The lowest BCUT2D eigenvalue weighted by Gasteiger charge is -2.04. The van der Waals surface area contributed by atoms with Gasteiger partial charge in [-0.3, -0.25) is 5.43 Å². The van der Waals surface area contributed by atoms with Gasteiger partial charge in [-0.05, 0) is 60.4 Å². The van der Waals surface area contributed by atoms with Gasteiger partial charge in [0.25, 0.3) is 0 Å². The first kappa shape index (κ1) is 15.5. The first-order valence-corrected chi connectivity index (χ1v) is 9.81. The summed E-state index contributed by atoms with van der Waals surface area (Å²) in [6.07, 6.45) is 11.5. The second-order valence-electron chi connectivity index (χ2n) is 6.66. The Hall–Kier alpha value is -2.73. The van der Waals surface area contributed by atoms with Gasteiger partial charge in [-0.2, -0.15) is 5.10 Å². The van der Waals surface area contributed by atoms with Crippen LogP contribution in [0.25, 0.3) is 21.1 Å². The second kappa shape index (κ2) is 6.53. The number of thiophene rings is 1. The summed E-state index contributed by atoms with van der Waals surface area (Å²) in [5, 5.41) is 6.78. The molecule has 0 atom stereocenters. The van der Waals surface area contributed by atoms with Crippen LogP contribution in [-0.2, 0) is 12.8 Å². The molecule has 0 bridgehead atoms. The minimum atomic E-state index is 0.813. The third kappa shape index (κ3) is 2.76. The number of aryl methyl sites for hydroxylation is 2. The molecule has 0 unspecified atom stereocenters. The Kier molecular flexibility index (Phi) is 3.90. The molecule has 1 aliphatic rings. The zero-order valence-corrected chi connectivity index (χ0v) is 15.1. The van der Waals surface area contributed by atoms with Gasteiger partial charge in [-0.25, -0.2) is 9.97 Å². The third-order valence-corrected chi connectivity index (χ3v) is 6.16. The van der Waals surface area contributed by atoms with Crippen molar-refractivity contribution >= 4 is 44.5 Å². The molecule has 5 rings (SSSR count). The predicted molar refractivity (Wildman–Crippen MR) is 108 cm³/mol. The zero-order chi connectivity index (χ0) is 17.3. The quantitative estimate of drug-likeness (QED) is 0.310. The molecule has 0 amide bonds. The maximum atomic E-state index is 4.48. The fourth-order valence-corrected chi connectivity index (χ4v) is 4.90. The maximum Gasteiger partial charge on any atom is 0.158 e. The Bertz CT molecular complexity index is 1110. The number of hydrazone groups is 1. The number of rotatable bonds is 3. The second-order valence-corrected chi connectivity index (χ2v) is 7.74. The van der Waals surface area contributed by atoms with Crippen LogP contribution < -0.4 is 5.43 Å². The highest BCUT2D eigenvalue weighted by Gasteiger charge is 2.18. The number of fused-ring (bicyclic) bond motifs is 4. The van der Waals surface area contributed by atoms with Gasteiger partial charge in [0.05, 0.1) is 11.6 Å². The van der Waals surface area contributed by atoms with Crippen molar-refractivity contribution in [3.05, 3.63) is 52.8 Å². The topological polar surface area (TPSA) is 66.0 Å². The molecule has 130 valence electrons. The molecule has 3 heterocycles. The Morgan fingerprint density at radius 2 is 2.08 bits per heavy atom. The largest absolute Gasteiger partial charge is 0.361 e. The Labute approximate surface area is 155 Å². The zero-order valence-electron chi connectivity index (χ0n) is 14.3. The van der Waals surface area contributed by atoms with Crippen LogP contribution in [0.3, 0.4) is 0 Å². The van der Waals surface area contributed by atoms with E-state index in [1.807, 2.05) is 23.7 Å². The van der Waals surface area contributed by atoms with E-state index in [9.17, 15) is 0 Å². The van der Waals surface area contributed by atoms with Crippen molar-refractivity contribution in [1.29, 1.82) is 0 Å². The van der Waals surface area contributed by atoms with Crippen LogP contribution in [0.15, 0.2) is 41.9 Å². The number of aromatic amines is 1. The smallest absolute Gasteiger partial charge is 0.158 e. The first-order chi connectivity index (χ1) is 12.9. The van der Waals surface area contributed by atoms with E-state index >= 15 is 0 Å². The first-order valence-electron chi connectivity index (χ1n) is 9.00. The summed E-state index contributed by atoms with van der Waals surface area (Å²) in [5.74, 6) is 0.813. The van der Waals surface area contributed by atoms with E-state index in [0.29, 0.717) is 0 Å². The minimum absolute atomic E-state index is 0.813. The van der Waals surface area contributed by atoms with E-state index in [1.54, 1.807) is 6.33 Å². The van der Waals surface area contributed by atoms with Crippen LogP contribution in [0.4, 0.5) is 5.82 Å². The molecule has 1 aromatic carbocycles. The van der Waals surface area contributed by atoms with Crippen LogP contribution >= 0.6 is 11.3 Å². The van der Waals surface area contributed by atoms with Crippen molar-refractivity contribution in [1.82, 2.24) is 15.0 Å². The molecular weight excluding hydrogens is 342 g/mol. The Morgan fingerprint density at radius 1 is 1.12 bits per heavy atom. The molecule has 0 fully saturated rings. The van der Waals surface area contributed by atoms with E-state index in [4.69, 9.17) is 0 Å². The molecule has 2 N–H and O–H groups in total. The summed E-state index contributed by atoms with van der Waals surface area (Å²) >= 11 is 1.81. The monoisotopic (exact) mass is 361 g/mol. The van der Waals surface area contributed by atoms with Crippen molar-refractivity contribution in [3.63, 3.8) is 0 Å². The van der Waals surface area contributed by atoms with Gasteiger partial charge in [-0.1, -0.05) is 12.5 Å². The molecule has 0 spiro atoms. The van der Waals surface area contributed by atoms with Crippen molar-refractivity contribution in [2.75, 3.05) is 5.43 Å². The molecule has 0 radical (unpaired) electrons. The lowest BCUT2D eigenvalue weighted by Crippen LogP contribution is -1.97. The lowest BCUT2D eigenvalue weighted by atomic mass is 10.1. The minimum Gasteiger partial charge on any atom is -0.361 e. The molecule has 1 aliphatic carbocycles. The number of H-pyrrole nitrogens is 1. The number of benzene rings is 1. The fourth-order valence-electron chi connectivity index (χ4n) is 3.67. The van der Waals surface area contributed by atoms with E-state index in [0.717, 1.165) is 40.0 Å². The van der Waals surface area contributed by atoms with Crippen molar-refractivity contribution in [2.24, 2.45) is 5.10 Å². The number of nitrogens with one attached hydrogen (secondary N) is 2. The number of hydrogen-bond donors (Lipinski definition) is 2. The number of aromatic nitrogens is 3. The summed E-state index contributed by atoms with van der Waals surface area (Å²) in [7, 11) is 0. The summed E-state index contributed by atoms with van der Waals surface area (Å²) in [4.78, 5) is 14.7. The number of anilines is 1. The highest BCUT2D eigenvalue weighted by atomic mass is 32.1. The van der Waals surface area contributed by atoms with E-state index in [2.05, 4.69) is 49.7 Å². The van der Waals surface area contributed by atoms with Crippen LogP contribution in [0.1, 0.15) is 35.3 Å². The standard InChI is InChI=1S/C20H19N5S/c1-2-4-15-17(5-3-1)26-20-18(15)19(22-12-23-20)25-24-11-13-6-7-16-14(10-13)8-9-21-16/h6-12,21H,1-5H2,(H,22,23,25). The summed E-state index contributed by atoms with van der Waals surface area (Å²) in [6.45, 7) is 0. The van der Waals surface area contributed by atoms with Gasteiger partial charge < -0.3 is 4.98 Å². The van der Waals surface area contributed by atoms with Gasteiger partial charge in [0.1, 0.15) is 11.2 Å². The van der Waals surface area contributed by atoms with Gasteiger partial charge in [0, 0.05) is 16.6 Å². The van der Waals surface area contributed by atoms with Gasteiger partial charge >= 0.3 is 0 Å². The van der Waals surface area contributed by atoms with E-state index in [-0.39, 0.29) is 0 Å². The summed E-state index contributed by atoms with van der Waals surface area (Å²) in [5.41, 5.74) is 6.76. The molecule has 4 aromatic rings. The molecule has 26 heavy (non-hydrogen) atoms. The van der Waals surface area contributed by atoms with Gasteiger partial charge in [0.15, 0.2) is 5.82 Å². The van der Waals surface area contributed by atoms with Crippen LogP contribution in [0, 0.1) is 0 Å². The lowest BCUT2D eigenvalue weighted by molar-refractivity contribution is 0.713. The predicted octanol–water partition coefficient (Wildman–Crippen LogP) is 4.89. The molecular formula is C20H19N5S. The summed E-state index contributed by atoms with van der Waals surface area (Å²) < 4.78 is 0. The van der Waals surface area contributed by atoms with E-state index in [1.165, 1.54) is 35.1 Å². The SMILES string of the molecule is C(=NNc1ncnc2sc3c(c12)CCCCC3)c1ccc2[nH]ccc2c1. The average Bonchev–Trinajstić information content (AvgIpc) is 3.19. The maximum absolute atomic E-state index is 4.48. The molecule has 5 nitrogen and oxygen atoms in total. The molecule has 0 saturated carbocycles. The van der Waals surface area contributed by atoms with Crippen LogP contribution in [0.5, 0.6) is 0 Å². The molecule has 0 aliphatic heterocycles. The van der Waals surface area contributed by atoms with Gasteiger partial charge in [-0.15, -0.1) is 11.3 Å². The van der Waals surface area contributed by atoms with Crippen molar-refractivity contribution in [3.8, 4) is 0 Å². The van der Waals surface area contributed by atoms with Crippen molar-refractivity contribution in [2.45, 2.75) is 32.1 Å². The molecule has 3 aromatic heterocycles. The third-order valence-electron chi connectivity index (χ3n) is 4.96. The summed E-state index contributed by atoms with van der Waals surface area (Å²) in [6, 6.07) is 8.30. The van der Waals surface area contributed by atoms with Crippen LogP contribution in [-0.4, -0.2) is 21.2 Å². The number of hydrogen-bond acceptors (Lipinski definition) is 5. The van der Waals surface area contributed by atoms with Gasteiger partial charge in [0.2, 0.25) is 0 Å². The highest BCUT2D eigenvalue weighted by Crippen LogP contribution is 2.37. The average molecular weight is 361 g/mol. The molecule has 0 saturated heterocycles. The van der Waals surface area contributed by atoms with E-state index < -0.39 is 0 Å². The highest BCUT2D eigenvalue weighted by molar-refractivity contribution is 7.18. The Balaban J connectivity index is 1.46. The normalized spacial score (nSPS) is 14.8. The Morgan fingerprint density at radius 3 is 3.08 bits per heavy atom.